The standard InChI is InChI=1S/C9H11BrF2N2O/c10-7-1-2-9(13-5-7)14(3-4-15)6-8(11)12/h1-2,5,8,15H,3-4,6H2. The number of halogens is 3. The van der Waals surface area contributed by atoms with E-state index in [9.17, 15) is 8.78 Å². The van der Waals surface area contributed by atoms with Gasteiger partial charge < -0.3 is 10.0 Å². The van der Waals surface area contributed by atoms with Crippen molar-refractivity contribution in [3.05, 3.63) is 22.8 Å². The van der Waals surface area contributed by atoms with Crippen molar-refractivity contribution in [2.45, 2.75) is 6.43 Å². The second-order valence-corrected chi connectivity index (χ2v) is 3.81. The molecule has 1 rings (SSSR count). The van der Waals surface area contributed by atoms with E-state index in [1.54, 1.807) is 12.1 Å². The minimum absolute atomic E-state index is 0.152. The van der Waals surface area contributed by atoms with Crippen LogP contribution in [0.5, 0.6) is 0 Å². The highest BCUT2D eigenvalue weighted by Crippen LogP contribution is 2.15. The first kappa shape index (κ1) is 12.3. The molecular weight excluding hydrogens is 270 g/mol. The molecule has 1 aromatic rings. The Morgan fingerprint density at radius 2 is 2.20 bits per heavy atom. The summed E-state index contributed by atoms with van der Waals surface area (Å²) in [6.45, 7) is -0.446. The van der Waals surface area contributed by atoms with Crippen LogP contribution in [0.4, 0.5) is 14.6 Å². The van der Waals surface area contributed by atoms with Gasteiger partial charge in [0.2, 0.25) is 0 Å². The SMILES string of the molecule is OCCN(CC(F)F)c1ccc(Br)cn1. The molecule has 3 nitrogen and oxygen atoms in total. The fourth-order valence-electron chi connectivity index (χ4n) is 1.14. The van der Waals surface area contributed by atoms with Gasteiger partial charge in [0.25, 0.3) is 6.43 Å². The summed E-state index contributed by atoms with van der Waals surface area (Å²) >= 11 is 3.21. The first-order chi connectivity index (χ1) is 7.13. The molecule has 1 N–H and O–H groups in total. The minimum Gasteiger partial charge on any atom is -0.395 e. The van der Waals surface area contributed by atoms with Crippen LogP contribution >= 0.6 is 15.9 Å². The summed E-state index contributed by atoms with van der Waals surface area (Å²) < 4.78 is 25.2. The Hall–Kier alpha value is -0.750. The fourth-order valence-corrected chi connectivity index (χ4v) is 1.38. The van der Waals surface area contributed by atoms with Crippen molar-refractivity contribution in [1.29, 1.82) is 0 Å². The largest absolute Gasteiger partial charge is 0.395 e. The van der Waals surface area contributed by atoms with Crippen LogP contribution in [-0.4, -0.2) is 36.2 Å². The molecule has 0 aromatic carbocycles. The number of rotatable bonds is 5. The van der Waals surface area contributed by atoms with E-state index < -0.39 is 13.0 Å². The second kappa shape index (κ2) is 5.97. The van der Waals surface area contributed by atoms with Gasteiger partial charge in [-0.25, -0.2) is 13.8 Å². The average molecular weight is 281 g/mol. The quantitative estimate of drug-likeness (QED) is 0.895. The Kier molecular flexibility index (Phi) is 4.90. The van der Waals surface area contributed by atoms with E-state index in [-0.39, 0.29) is 13.2 Å². The van der Waals surface area contributed by atoms with Crippen molar-refractivity contribution in [3.63, 3.8) is 0 Å². The van der Waals surface area contributed by atoms with E-state index in [1.165, 1.54) is 11.1 Å². The summed E-state index contributed by atoms with van der Waals surface area (Å²) in [5, 5.41) is 8.74. The fraction of sp³-hybridized carbons (Fsp3) is 0.444. The van der Waals surface area contributed by atoms with E-state index in [2.05, 4.69) is 20.9 Å². The topological polar surface area (TPSA) is 36.4 Å². The first-order valence-electron chi connectivity index (χ1n) is 4.39. The van der Waals surface area contributed by atoms with Crippen LogP contribution in [0.25, 0.3) is 0 Å². The number of aliphatic hydroxyl groups is 1. The van der Waals surface area contributed by atoms with Gasteiger partial charge in [0.1, 0.15) is 5.82 Å². The maximum absolute atomic E-state index is 12.2. The lowest BCUT2D eigenvalue weighted by atomic mass is 10.4. The molecule has 0 amide bonds. The Balaban J connectivity index is 2.74. The molecule has 0 aliphatic rings. The van der Waals surface area contributed by atoms with Crippen molar-refractivity contribution in [1.82, 2.24) is 4.98 Å². The molecule has 6 heteroatoms. The van der Waals surface area contributed by atoms with Crippen molar-refractivity contribution in [3.8, 4) is 0 Å². The van der Waals surface area contributed by atoms with Crippen LogP contribution in [0, 0.1) is 0 Å². The van der Waals surface area contributed by atoms with Crippen LogP contribution in [-0.2, 0) is 0 Å². The van der Waals surface area contributed by atoms with Crippen molar-refractivity contribution >= 4 is 21.7 Å². The number of hydrogen-bond donors (Lipinski definition) is 1. The van der Waals surface area contributed by atoms with Crippen molar-refractivity contribution < 1.29 is 13.9 Å². The number of aliphatic hydroxyl groups excluding tert-OH is 1. The van der Waals surface area contributed by atoms with Gasteiger partial charge in [0.05, 0.1) is 13.2 Å². The van der Waals surface area contributed by atoms with Crippen LogP contribution < -0.4 is 4.90 Å². The van der Waals surface area contributed by atoms with Crippen LogP contribution in [0.15, 0.2) is 22.8 Å². The van der Waals surface area contributed by atoms with Crippen molar-refractivity contribution in [2.75, 3.05) is 24.6 Å². The van der Waals surface area contributed by atoms with Gasteiger partial charge in [0, 0.05) is 17.2 Å². The summed E-state index contributed by atoms with van der Waals surface area (Å²) in [5.41, 5.74) is 0. The molecule has 0 bridgehead atoms. The van der Waals surface area contributed by atoms with Gasteiger partial charge in [-0.15, -0.1) is 0 Å². The molecule has 0 saturated carbocycles. The smallest absolute Gasteiger partial charge is 0.255 e. The number of hydrogen-bond acceptors (Lipinski definition) is 3. The summed E-state index contributed by atoms with van der Waals surface area (Å²) in [6.07, 6.45) is -0.910. The van der Waals surface area contributed by atoms with Gasteiger partial charge in [-0.05, 0) is 28.1 Å². The monoisotopic (exact) mass is 280 g/mol. The third-order valence-electron chi connectivity index (χ3n) is 1.76. The van der Waals surface area contributed by atoms with E-state index in [0.29, 0.717) is 5.82 Å². The number of nitrogens with zero attached hydrogens (tertiary/aromatic N) is 2. The molecule has 0 fully saturated rings. The predicted octanol–water partition coefficient (Wildman–Crippen LogP) is 1.91. The second-order valence-electron chi connectivity index (χ2n) is 2.90. The third-order valence-corrected chi connectivity index (χ3v) is 2.23. The van der Waals surface area contributed by atoms with E-state index >= 15 is 0 Å². The number of aromatic nitrogens is 1. The summed E-state index contributed by atoms with van der Waals surface area (Å²) in [5.74, 6) is 0.438. The van der Waals surface area contributed by atoms with E-state index in [4.69, 9.17) is 5.11 Å². The van der Waals surface area contributed by atoms with Crippen LogP contribution in [0.2, 0.25) is 0 Å². The molecule has 0 saturated heterocycles. The highest BCUT2D eigenvalue weighted by molar-refractivity contribution is 9.10. The zero-order valence-electron chi connectivity index (χ0n) is 7.91. The van der Waals surface area contributed by atoms with E-state index in [1.807, 2.05) is 0 Å². The molecular formula is C9H11BrF2N2O. The zero-order chi connectivity index (χ0) is 11.3. The van der Waals surface area contributed by atoms with E-state index in [0.717, 1.165) is 4.47 Å². The molecule has 1 aromatic heterocycles. The zero-order valence-corrected chi connectivity index (χ0v) is 9.49. The molecule has 0 aliphatic carbocycles. The summed E-state index contributed by atoms with van der Waals surface area (Å²) in [6, 6.07) is 3.35. The molecule has 0 radical (unpaired) electrons. The average Bonchev–Trinajstić information content (AvgIpc) is 2.17. The molecule has 15 heavy (non-hydrogen) atoms. The third kappa shape index (κ3) is 4.09. The molecule has 0 atom stereocenters. The summed E-state index contributed by atoms with van der Waals surface area (Å²) in [7, 11) is 0. The first-order valence-corrected chi connectivity index (χ1v) is 5.18. The minimum atomic E-state index is -2.44. The predicted molar refractivity (Wildman–Crippen MR) is 57.2 cm³/mol. The Morgan fingerprint density at radius 3 is 2.67 bits per heavy atom. The van der Waals surface area contributed by atoms with Gasteiger partial charge in [-0.3, -0.25) is 0 Å². The number of pyridine rings is 1. The van der Waals surface area contributed by atoms with Gasteiger partial charge in [-0.2, -0.15) is 0 Å². The van der Waals surface area contributed by atoms with Gasteiger partial charge >= 0.3 is 0 Å². The normalized spacial score (nSPS) is 10.7. The van der Waals surface area contributed by atoms with Gasteiger partial charge in [0.15, 0.2) is 0 Å². The Labute approximate surface area is 94.9 Å². The lowest BCUT2D eigenvalue weighted by Crippen LogP contribution is -2.32. The molecule has 1 heterocycles. The highest BCUT2D eigenvalue weighted by atomic mass is 79.9. The number of anilines is 1. The lowest BCUT2D eigenvalue weighted by molar-refractivity contribution is 0.152. The lowest BCUT2D eigenvalue weighted by Gasteiger charge is -2.22. The molecule has 0 spiro atoms. The maximum atomic E-state index is 12.2. The Bertz CT molecular complexity index is 295. The molecule has 84 valence electrons. The molecule has 0 unspecified atom stereocenters. The van der Waals surface area contributed by atoms with Crippen LogP contribution in [0.3, 0.4) is 0 Å². The molecule has 0 aliphatic heterocycles. The van der Waals surface area contributed by atoms with Crippen molar-refractivity contribution in [2.24, 2.45) is 0 Å². The maximum Gasteiger partial charge on any atom is 0.255 e. The Morgan fingerprint density at radius 1 is 1.47 bits per heavy atom. The highest BCUT2D eigenvalue weighted by Gasteiger charge is 2.12. The number of alkyl halides is 2. The summed E-state index contributed by atoms with van der Waals surface area (Å²) in [4.78, 5) is 5.33. The van der Waals surface area contributed by atoms with Crippen LogP contribution in [0.1, 0.15) is 0 Å². The van der Waals surface area contributed by atoms with Gasteiger partial charge in [-0.1, -0.05) is 0 Å².